The van der Waals surface area contributed by atoms with Gasteiger partial charge in [-0.2, -0.15) is 0 Å². The Morgan fingerprint density at radius 3 is 2.64 bits per heavy atom. The number of aromatic amines is 1. The van der Waals surface area contributed by atoms with Crippen LogP contribution in [0.4, 0.5) is 5.69 Å². The van der Waals surface area contributed by atoms with Gasteiger partial charge in [0, 0.05) is 27.8 Å². The van der Waals surface area contributed by atoms with Crippen LogP contribution in [-0.4, -0.2) is 23.5 Å². The van der Waals surface area contributed by atoms with Crippen LogP contribution in [0.2, 0.25) is 0 Å². The van der Waals surface area contributed by atoms with Crippen LogP contribution >= 0.6 is 0 Å². The zero-order valence-electron chi connectivity index (χ0n) is 16.2. The molecule has 0 radical (unpaired) electrons. The van der Waals surface area contributed by atoms with E-state index in [-0.39, 0.29) is 11.9 Å². The fourth-order valence-electron chi connectivity index (χ4n) is 3.84. The van der Waals surface area contributed by atoms with Crippen molar-refractivity contribution in [2.45, 2.75) is 33.1 Å². The maximum atomic E-state index is 12.7. The summed E-state index contributed by atoms with van der Waals surface area (Å²) in [6.07, 6.45) is 3.32. The van der Waals surface area contributed by atoms with Crippen LogP contribution in [0.1, 0.15) is 52.2 Å². The Morgan fingerprint density at radius 1 is 1.14 bits per heavy atom. The first-order valence-corrected chi connectivity index (χ1v) is 9.77. The highest BCUT2D eigenvalue weighted by Gasteiger charge is 2.20. The van der Waals surface area contributed by atoms with E-state index in [2.05, 4.69) is 17.2 Å². The molecule has 0 aliphatic heterocycles. The Labute approximate surface area is 164 Å². The fourth-order valence-corrected chi connectivity index (χ4v) is 3.84. The molecule has 144 valence electrons. The summed E-state index contributed by atoms with van der Waals surface area (Å²) in [5, 5.41) is 4.05. The third kappa shape index (κ3) is 3.52. The topological polar surface area (TPSA) is 71.2 Å². The number of hydrogen-bond donors (Lipinski definition) is 2. The molecule has 2 aromatic carbocycles. The molecule has 1 aliphatic rings. The second kappa shape index (κ2) is 7.50. The number of ether oxygens (including phenoxy) is 1. The van der Waals surface area contributed by atoms with Gasteiger partial charge in [0.05, 0.1) is 12.2 Å². The number of amides is 1. The Morgan fingerprint density at radius 2 is 1.89 bits per heavy atom. The number of esters is 1. The molecule has 1 amide bonds. The van der Waals surface area contributed by atoms with Gasteiger partial charge in [-0.15, -0.1) is 0 Å². The molecule has 0 unspecified atom stereocenters. The van der Waals surface area contributed by atoms with E-state index in [0.29, 0.717) is 29.3 Å². The van der Waals surface area contributed by atoms with E-state index >= 15 is 0 Å². The highest BCUT2D eigenvalue weighted by molar-refractivity contribution is 6.06. The molecule has 0 spiro atoms. The summed E-state index contributed by atoms with van der Waals surface area (Å²) < 4.78 is 4.98. The van der Waals surface area contributed by atoms with Gasteiger partial charge in [-0.1, -0.05) is 6.92 Å². The number of nitrogens with one attached hydrogen (secondary N) is 2. The molecule has 0 fully saturated rings. The molecule has 0 saturated heterocycles. The lowest BCUT2D eigenvalue weighted by atomic mass is 9.87. The summed E-state index contributed by atoms with van der Waals surface area (Å²) in [4.78, 5) is 28.0. The standard InChI is InChI=1S/C23H24N2O3/c1-3-28-23(27)15-5-8-17(9-6-15)24-22(26)16-7-11-21-19(13-16)18-12-14(2)4-10-20(18)25-21/h5-9,11,13-14,25H,3-4,10,12H2,1-2H3,(H,24,26)/t14-/m1/s1. The Balaban J connectivity index is 1.54. The van der Waals surface area contributed by atoms with E-state index in [1.54, 1.807) is 31.2 Å². The number of H-pyrrole nitrogens is 1. The Hall–Kier alpha value is -3.08. The third-order valence-electron chi connectivity index (χ3n) is 5.35. The fraction of sp³-hybridized carbons (Fsp3) is 0.304. The van der Waals surface area contributed by atoms with Gasteiger partial charge < -0.3 is 15.0 Å². The maximum Gasteiger partial charge on any atom is 0.338 e. The van der Waals surface area contributed by atoms with Crippen LogP contribution in [0.25, 0.3) is 10.9 Å². The molecule has 5 heteroatoms. The van der Waals surface area contributed by atoms with Crippen LogP contribution in [0.15, 0.2) is 42.5 Å². The van der Waals surface area contributed by atoms with E-state index in [1.807, 2.05) is 18.2 Å². The van der Waals surface area contributed by atoms with E-state index in [0.717, 1.165) is 23.7 Å². The number of aryl methyl sites for hydroxylation is 1. The zero-order chi connectivity index (χ0) is 19.7. The summed E-state index contributed by atoms with van der Waals surface area (Å²) in [7, 11) is 0. The predicted octanol–water partition coefficient (Wildman–Crippen LogP) is 4.72. The number of fused-ring (bicyclic) bond motifs is 3. The number of carbonyl (C=O) groups is 2. The number of aromatic nitrogens is 1. The van der Waals surface area contributed by atoms with Crippen molar-refractivity contribution in [1.29, 1.82) is 0 Å². The monoisotopic (exact) mass is 376 g/mol. The summed E-state index contributed by atoms with van der Waals surface area (Å²) >= 11 is 0. The summed E-state index contributed by atoms with van der Waals surface area (Å²) in [6, 6.07) is 12.5. The molecular formula is C23H24N2O3. The first-order chi connectivity index (χ1) is 13.5. The molecule has 1 aromatic heterocycles. The maximum absolute atomic E-state index is 12.7. The minimum absolute atomic E-state index is 0.162. The van der Waals surface area contributed by atoms with Crippen molar-refractivity contribution >= 4 is 28.5 Å². The summed E-state index contributed by atoms with van der Waals surface area (Å²) in [6.45, 7) is 4.38. The average molecular weight is 376 g/mol. The van der Waals surface area contributed by atoms with E-state index in [9.17, 15) is 9.59 Å². The van der Waals surface area contributed by atoms with E-state index in [4.69, 9.17) is 4.74 Å². The van der Waals surface area contributed by atoms with Crippen LogP contribution in [-0.2, 0) is 17.6 Å². The Kier molecular flexibility index (Phi) is 4.90. The van der Waals surface area contributed by atoms with Crippen molar-refractivity contribution in [3.05, 3.63) is 64.8 Å². The molecule has 4 rings (SSSR count). The molecule has 0 saturated carbocycles. The summed E-state index contributed by atoms with van der Waals surface area (Å²) in [5.41, 5.74) is 5.48. The minimum Gasteiger partial charge on any atom is -0.462 e. The predicted molar refractivity (Wildman–Crippen MR) is 110 cm³/mol. The third-order valence-corrected chi connectivity index (χ3v) is 5.35. The molecule has 0 bridgehead atoms. The smallest absolute Gasteiger partial charge is 0.338 e. The van der Waals surface area contributed by atoms with E-state index < -0.39 is 0 Å². The van der Waals surface area contributed by atoms with Crippen LogP contribution in [0.3, 0.4) is 0 Å². The summed E-state index contributed by atoms with van der Waals surface area (Å²) in [5.74, 6) is 0.142. The van der Waals surface area contributed by atoms with Crippen molar-refractivity contribution in [2.24, 2.45) is 5.92 Å². The average Bonchev–Trinajstić information content (AvgIpc) is 3.05. The Bertz CT molecular complexity index is 1030. The number of benzene rings is 2. The number of anilines is 1. The molecule has 1 aliphatic carbocycles. The normalized spacial score (nSPS) is 15.9. The van der Waals surface area contributed by atoms with Gasteiger partial charge >= 0.3 is 5.97 Å². The van der Waals surface area contributed by atoms with Crippen LogP contribution in [0, 0.1) is 5.92 Å². The van der Waals surface area contributed by atoms with Crippen molar-refractivity contribution in [3.63, 3.8) is 0 Å². The minimum atomic E-state index is -0.364. The highest BCUT2D eigenvalue weighted by Crippen LogP contribution is 2.32. The van der Waals surface area contributed by atoms with Crippen molar-refractivity contribution in [1.82, 2.24) is 4.98 Å². The van der Waals surface area contributed by atoms with Gasteiger partial charge in [-0.25, -0.2) is 4.79 Å². The second-order valence-electron chi connectivity index (χ2n) is 7.44. The first kappa shape index (κ1) is 18.3. The van der Waals surface area contributed by atoms with Crippen molar-refractivity contribution in [2.75, 3.05) is 11.9 Å². The van der Waals surface area contributed by atoms with Gasteiger partial charge in [-0.05, 0) is 80.1 Å². The van der Waals surface area contributed by atoms with Crippen LogP contribution in [0.5, 0.6) is 0 Å². The van der Waals surface area contributed by atoms with Gasteiger partial charge in [0.2, 0.25) is 0 Å². The number of rotatable bonds is 4. The lowest BCUT2D eigenvalue weighted by Gasteiger charge is -2.18. The van der Waals surface area contributed by atoms with Gasteiger partial charge in [-0.3, -0.25) is 4.79 Å². The molecule has 1 heterocycles. The van der Waals surface area contributed by atoms with Gasteiger partial charge in [0.25, 0.3) is 5.91 Å². The van der Waals surface area contributed by atoms with Gasteiger partial charge in [0.1, 0.15) is 0 Å². The van der Waals surface area contributed by atoms with E-state index in [1.165, 1.54) is 17.7 Å². The van der Waals surface area contributed by atoms with Crippen molar-refractivity contribution in [3.8, 4) is 0 Å². The quantitative estimate of drug-likeness (QED) is 0.647. The molecule has 3 aromatic rings. The van der Waals surface area contributed by atoms with Crippen LogP contribution < -0.4 is 5.32 Å². The highest BCUT2D eigenvalue weighted by atomic mass is 16.5. The number of hydrogen-bond acceptors (Lipinski definition) is 3. The molecule has 28 heavy (non-hydrogen) atoms. The van der Waals surface area contributed by atoms with Crippen molar-refractivity contribution < 1.29 is 14.3 Å². The van der Waals surface area contributed by atoms with Gasteiger partial charge in [0.15, 0.2) is 0 Å². The first-order valence-electron chi connectivity index (χ1n) is 9.77. The largest absolute Gasteiger partial charge is 0.462 e. The number of carbonyl (C=O) groups excluding carboxylic acids is 2. The molecule has 1 atom stereocenters. The lowest BCUT2D eigenvalue weighted by Crippen LogP contribution is -2.12. The zero-order valence-corrected chi connectivity index (χ0v) is 16.2. The lowest BCUT2D eigenvalue weighted by molar-refractivity contribution is 0.0526. The SMILES string of the molecule is CCOC(=O)c1ccc(NC(=O)c2ccc3[nH]c4c(c3c2)C[C@H](C)CC4)cc1. The second-order valence-corrected chi connectivity index (χ2v) is 7.44. The molecule has 5 nitrogen and oxygen atoms in total. The molecular weight excluding hydrogens is 352 g/mol. The molecule has 2 N–H and O–H groups in total.